The molecule has 0 saturated heterocycles. The van der Waals surface area contributed by atoms with E-state index in [0.717, 1.165) is 39.0 Å². The number of aliphatic hydroxyl groups excluding tert-OH is 6. The summed E-state index contributed by atoms with van der Waals surface area (Å²) in [7, 11) is 0. The third-order valence-corrected chi connectivity index (χ3v) is 16.7. The number of aliphatic carboxylic acids is 3. The van der Waals surface area contributed by atoms with Gasteiger partial charge in [-0.2, -0.15) is 0 Å². The number of aliphatic imine (C=N–C) groups is 3. The molecule has 0 aliphatic carbocycles. The largest absolute Gasteiger partial charge is 0.477 e. The number of nitrogens with two attached hydrogens (primary N) is 6. The number of carbonyl (C=O) groups excluding carboxylic acids is 9. The Bertz CT molecular complexity index is 3200. The van der Waals surface area contributed by atoms with Crippen LogP contribution in [0, 0.1) is 0 Å². The minimum atomic E-state index is -1.85. The van der Waals surface area contributed by atoms with Crippen molar-refractivity contribution in [3.63, 3.8) is 0 Å². The number of carboxylic acid groups (broad SMARTS) is 3. The Hall–Kier alpha value is -11.5. The van der Waals surface area contributed by atoms with Gasteiger partial charge in [-0.15, -0.1) is 0 Å². The summed E-state index contributed by atoms with van der Waals surface area (Å²) in [6, 6.07) is -3.85. The molecular weight excluding hydrogens is 1500 g/mol. The van der Waals surface area contributed by atoms with Crippen molar-refractivity contribution in [3.05, 3.63) is 70.4 Å². The van der Waals surface area contributed by atoms with Crippen LogP contribution in [0.25, 0.3) is 0 Å². The topological polar surface area (TPSA) is 744 Å². The molecule has 45 nitrogen and oxygen atoms in total. The molecule has 1 aromatic carbocycles. The summed E-state index contributed by atoms with van der Waals surface area (Å²) in [5.74, 6) is -12.3. The fraction of sp³-hybridized carbons (Fsp3) is 0.603. The van der Waals surface area contributed by atoms with Crippen LogP contribution in [0.2, 0.25) is 0 Å². The first kappa shape index (κ1) is 97.5. The van der Waals surface area contributed by atoms with Crippen molar-refractivity contribution >= 4 is 89.5 Å². The summed E-state index contributed by atoms with van der Waals surface area (Å²) in [5.41, 5.74) is 33.1. The zero-order valence-corrected chi connectivity index (χ0v) is 61.2. The normalized spacial score (nSPS) is 20.3. The third kappa shape index (κ3) is 33.1. The molecule has 9 amide bonds. The average Bonchev–Trinajstić information content (AvgIpc) is 0.800. The van der Waals surface area contributed by atoms with E-state index < -0.39 is 218 Å². The maximum atomic E-state index is 13.7. The second-order valence-electron chi connectivity index (χ2n) is 25.5. The van der Waals surface area contributed by atoms with Crippen molar-refractivity contribution < 1.29 is 132 Å². The van der Waals surface area contributed by atoms with E-state index in [-0.39, 0.29) is 70.8 Å². The van der Waals surface area contributed by atoms with E-state index in [2.05, 4.69) is 62.8 Å². The average molecular weight is 1610 g/mol. The summed E-state index contributed by atoms with van der Waals surface area (Å²) < 4.78 is 32.9. The quantitative estimate of drug-likeness (QED) is 0.0126. The third-order valence-electron chi connectivity index (χ3n) is 16.7. The SMILES string of the molecule is C.C.CC(=O)N[C@H]1[C@H]([C@H](OC(=O)NCCCCCCNC(=O)c2cc(C(=O)NCCCCCCNC(=O)O[C@@H]([C@@H]3OC(C(=O)O)=C[C@H](N=C(N)N)[C@H]3NC(C)=O)[C@H](O)CO)cc(C(=O)NCCCCCCNC(=O)O[C@@H]([C@@H]3OC(C(=O)O)=C[C@H](N=C(N)N)[C@H]3NC(C)=O)[C@H](O)CO)c2)[C@H](O)CO)OC(C(=O)O)=C[C@@H]1N=C(N)N. The second-order valence-corrected chi connectivity index (χ2v) is 25.5. The Labute approximate surface area is 649 Å². The number of hydrogen-bond donors (Lipinski definition) is 24. The lowest BCUT2D eigenvalue weighted by molar-refractivity contribution is -0.147. The molecule has 0 spiro atoms. The number of unbranched alkanes of at least 4 members (excludes halogenated alkanes) is 9. The van der Waals surface area contributed by atoms with Crippen LogP contribution in [-0.4, -0.2) is 286 Å². The van der Waals surface area contributed by atoms with E-state index in [1.165, 1.54) is 18.2 Å². The Morgan fingerprint density at radius 3 is 0.779 bits per heavy atom. The highest BCUT2D eigenvalue weighted by Crippen LogP contribution is 2.30. The van der Waals surface area contributed by atoms with E-state index in [0.29, 0.717) is 77.0 Å². The second kappa shape index (κ2) is 49.7. The standard InChI is InChI=1S/C66H102N18O27.2CH4/c1-31(88)79-46-37(82-61(67)68)25-43(58(97)98)106-52(46)49(40(91)28-85)109-64(103)76-19-13-7-4-10-16-73-55(94)34-22-35(56(95)74-17-11-5-8-14-20-77-65(104)110-50(41(92)29-86)53-47(80-32(2)89)38(83-62(69)70)26-44(107-53)59(99)100)24-36(23-34)57(96)75-18-12-6-9-15-21-78-66(105)111-51(42(93)30-87)54-48(81-33(3)90)39(84-63(71)72)27-45(108-54)60(101)102;;/h22-27,37-42,46-54,85-87,91-93H,4-21,28-30H2,1-3H3,(H,73,94)(H,74,95)(H,75,96)(H,76,103)(H,77,104)(H,78,105)(H,79,88)(H,80,89)(H,81,90)(H,97,98)(H,99,100)(H,101,102)(H4,67,68,82)(H4,69,70,83)(H4,71,72,84);2*1H4/t37-,38-,39-,40+,41+,42+,46+,47+,48+,49+,50+,51+,52+,53+,54+;;/m0../s1. The van der Waals surface area contributed by atoms with Crippen LogP contribution in [-0.2, 0) is 57.2 Å². The van der Waals surface area contributed by atoms with Gasteiger partial charge in [0.25, 0.3) is 17.7 Å². The lowest BCUT2D eigenvalue weighted by Gasteiger charge is -2.39. The molecule has 0 aromatic heterocycles. The van der Waals surface area contributed by atoms with Crippen molar-refractivity contribution in [2.75, 3.05) is 59.1 Å². The van der Waals surface area contributed by atoms with Crippen molar-refractivity contribution in [2.45, 2.75) is 204 Å². The van der Waals surface area contributed by atoms with Gasteiger partial charge in [-0.05, 0) is 75.0 Å². The Kier molecular flexibility index (Phi) is 42.9. The number of nitrogens with zero attached hydrogens (tertiary/aromatic N) is 3. The van der Waals surface area contributed by atoms with Crippen LogP contribution >= 0.6 is 0 Å². The summed E-state index contributed by atoms with van der Waals surface area (Å²) in [4.78, 5) is 165. The van der Waals surface area contributed by atoms with Crippen LogP contribution in [0.5, 0.6) is 0 Å². The fourth-order valence-electron chi connectivity index (χ4n) is 11.6. The molecule has 0 bridgehead atoms. The number of aliphatic hydroxyl groups is 6. The summed E-state index contributed by atoms with van der Waals surface area (Å²) in [6.45, 7) is 0.772. The highest BCUT2D eigenvalue weighted by atomic mass is 16.6. The minimum Gasteiger partial charge on any atom is -0.477 e. The van der Waals surface area contributed by atoms with Crippen LogP contribution in [0.3, 0.4) is 0 Å². The van der Waals surface area contributed by atoms with Gasteiger partial charge in [-0.1, -0.05) is 53.4 Å². The first-order valence-electron chi connectivity index (χ1n) is 35.2. The summed E-state index contributed by atoms with van der Waals surface area (Å²) in [5, 5.41) is 114. The highest BCUT2D eigenvalue weighted by molar-refractivity contribution is 6.04. The molecule has 45 heteroatoms. The number of ether oxygens (including phenoxy) is 6. The molecule has 3 aliphatic rings. The number of hydrogen-bond acceptors (Lipinski definition) is 27. The molecular formula is C68H110N18O27. The number of rotatable bonds is 45. The van der Waals surface area contributed by atoms with E-state index in [1.54, 1.807) is 0 Å². The maximum Gasteiger partial charge on any atom is 0.407 e. The summed E-state index contributed by atoms with van der Waals surface area (Å²) >= 11 is 0. The van der Waals surface area contributed by atoms with Gasteiger partial charge in [0.1, 0.15) is 18.3 Å². The van der Waals surface area contributed by atoms with Gasteiger partial charge >= 0.3 is 36.2 Å². The molecule has 15 atom stereocenters. The number of nitrogens with one attached hydrogen (secondary N) is 9. The van der Waals surface area contributed by atoms with Crippen molar-refractivity contribution in [2.24, 2.45) is 49.4 Å². The predicted molar refractivity (Wildman–Crippen MR) is 400 cm³/mol. The molecule has 0 saturated carbocycles. The zero-order chi connectivity index (χ0) is 82.6. The van der Waals surface area contributed by atoms with Crippen molar-refractivity contribution in [1.82, 2.24) is 47.9 Å². The molecule has 0 unspecified atom stereocenters. The Balaban J connectivity index is 0.0000217. The molecule has 30 N–H and O–H groups in total. The van der Waals surface area contributed by atoms with Crippen molar-refractivity contribution in [1.29, 1.82) is 0 Å². The minimum absolute atomic E-state index is 0. The van der Waals surface area contributed by atoms with E-state index in [4.69, 9.17) is 62.8 Å². The number of carboxylic acids is 3. The highest BCUT2D eigenvalue weighted by Gasteiger charge is 2.50. The molecule has 0 fully saturated rings. The van der Waals surface area contributed by atoms with Crippen LogP contribution in [0.1, 0.15) is 144 Å². The molecule has 3 heterocycles. The molecule has 634 valence electrons. The number of benzene rings is 1. The maximum absolute atomic E-state index is 13.7. The van der Waals surface area contributed by atoms with Crippen LogP contribution < -0.4 is 82.3 Å². The van der Waals surface area contributed by atoms with Gasteiger partial charge in [0, 0.05) is 76.7 Å². The number of amides is 9. The van der Waals surface area contributed by atoms with Gasteiger partial charge < -0.3 is 157 Å². The first-order valence-corrected chi connectivity index (χ1v) is 35.2. The van der Waals surface area contributed by atoms with Gasteiger partial charge in [0.2, 0.25) is 35.0 Å². The van der Waals surface area contributed by atoms with E-state index in [1.807, 2.05) is 0 Å². The number of guanidine groups is 3. The van der Waals surface area contributed by atoms with Crippen molar-refractivity contribution in [3.8, 4) is 0 Å². The van der Waals surface area contributed by atoms with E-state index in [9.17, 15) is 103 Å². The Morgan fingerprint density at radius 2 is 0.593 bits per heavy atom. The van der Waals surface area contributed by atoms with E-state index >= 15 is 0 Å². The fourth-order valence-corrected chi connectivity index (χ4v) is 11.6. The monoisotopic (exact) mass is 1610 g/mol. The van der Waals surface area contributed by atoms with Gasteiger partial charge in [0.15, 0.2) is 54.5 Å². The van der Waals surface area contributed by atoms with Gasteiger partial charge in [0.05, 0.1) is 56.1 Å². The molecule has 4 rings (SSSR count). The molecule has 1 aromatic rings. The first-order chi connectivity index (χ1) is 52.6. The number of carbonyl (C=O) groups is 12. The lowest BCUT2D eigenvalue weighted by atomic mass is 9.92. The smallest absolute Gasteiger partial charge is 0.407 e. The molecule has 3 aliphatic heterocycles. The van der Waals surface area contributed by atoms with Gasteiger partial charge in [-0.3, -0.25) is 28.8 Å². The van der Waals surface area contributed by atoms with Crippen LogP contribution in [0.4, 0.5) is 14.4 Å². The lowest BCUT2D eigenvalue weighted by Crippen LogP contribution is -2.61. The molecule has 0 radical (unpaired) electrons. The number of alkyl carbamates (subject to hydrolysis) is 3. The predicted octanol–water partition coefficient (Wildman–Crippen LogP) is -5.28. The summed E-state index contributed by atoms with van der Waals surface area (Å²) in [6.07, 6.45) is -10.9. The van der Waals surface area contributed by atoms with Crippen LogP contribution in [0.15, 0.2) is 68.7 Å². The molecule has 113 heavy (non-hydrogen) atoms. The van der Waals surface area contributed by atoms with Gasteiger partial charge in [-0.25, -0.2) is 43.7 Å². The zero-order valence-electron chi connectivity index (χ0n) is 61.2. The Morgan fingerprint density at radius 1 is 0.381 bits per heavy atom.